The third-order valence-corrected chi connectivity index (χ3v) is 7.06. The molecule has 6 nitrogen and oxygen atoms in total. The minimum absolute atomic E-state index is 0.142. The fourth-order valence-electron chi connectivity index (χ4n) is 3.63. The smallest absolute Gasteiger partial charge is 0.244 e. The van der Waals surface area contributed by atoms with Crippen LogP contribution in [0, 0.1) is 0 Å². The van der Waals surface area contributed by atoms with Crippen LogP contribution >= 0.6 is 0 Å². The number of nitrogens with zero attached hydrogens (tertiary/aromatic N) is 1. The zero-order valence-corrected chi connectivity index (χ0v) is 17.3. The Morgan fingerprint density at radius 2 is 1.67 bits per heavy atom. The molecule has 0 unspecified atom stereocenters. The fourth-order valence-corrected chi connectivity index (χ4v) is 5.22. The molecule has 4 rings (SSSR count). The molecule has 0 spiro atoms. The van der Waals surface area contributed by atoms with E-state index in [0.717, 1.165) is 11.1 Å². The van der Waals surface area contributed by atoms with E-state index in [9.17, 15) is 13.2 Å². The number of sulfonamides is 1. The summed E-state index contributed by atoms with van der Waals surface area (Å²) in [6, 6.07) is 22.0. The maximum atomic E-state index is 13.4. The Morgan fingerprint density at radius 1 is 0.967 bits per heavy atom. The molecule has 0 radical (unpaired) electrons. The first-order valence-corrected chi connectivity index (χ1v) is 11.0. The number of anilines is 1. The summed E-state index contributed by atoms with van der Waals surface area (Å²) >= 11 is 0. The third-order valence-electron chi connectivity index (χ3n) is 5.20. The van der Waals surface area contributed by atoms with Gasteiger partial charge in [-0.2, -0.15) is 4.31 Å². The normalized spacial score (nSPS) is 16.5. The number of benzene rings is 3. The molecule has 0 aliphatic carbocycles. The first-order chi connectivity index (χ1) is 14.5. The van der Waals surface area contributed by atoms with Gasteiger partial charge in [-0.3, -0.25) is 4.79 Å². The van der Waals surface area contributed by atoms with Crippen molar-refractivity contribution in [3.05, 3.63) is 90.0 Å². The van der Waals surface area contributed by atoms with Crippen molar-refractivity contribution in [3.8, 4) is 5.75 Å². The molecule has 30 heavy (non-hydrogen) atoms. The van der Waals surface area contributed by atoms with Crippen LogP contribution in [0.25, 0.3) is 0 Å². The van der Waals surface area contributed by atoms with Gasteiger partial charge in [0.25, 0.3) is 0 Å². The maximum Gasteiger partial charge on any atom is 0.244 e. The van der Waals surface area contributed by atoms with Crippen LogP contribution < -0.4 is 10.1 Å². The number of fused-ring (bicyclic) bond motifs is 1. The monoisotopic (exact) mass is 422 g/mol. The molecule has 3 aromatic rings. The number of hydrogen-bond donors (Lipinski definition) is 1. The minimum Gasteiger partial charge on any atom is -0.497 e. The Hall–Kier alpha value is -3.16. The lowest BCUT2D eigenvalue weighted by Crippen LogP contribution is -2.50. The molecule has 0 aromatic heterocycles. The molecule has 0 fully saturated rings. The van der Waals surface area contributed by atoms with Crippen LogP contribution in [0.5, 0.6) is 5.75 Å². The molecule has 0 saturated heterocycles. The van der Waals surface area contributed by atoms with E-state index in [1.165, 1.54) is 4.31 Å². The van der Waals surface area contributed by atoms with Gasteiger partial charge in [-0.05, 0) is 41.8 Å². The number of rotatable bonds is 5. The molecule has 1 amide bonds. The lowest BCUT2D eigenvalue weighted by molar-refractivity contribution is -0.120. The lowest BCUT2D eigenvalue weighted by atomic mass is 9.95. The molecule has 0 saturated carbocycles. The van der Waals surface area contributed by atoms with E-state index in [2.05, 4.69) is 5.32 Å². The summed E-state index contributed by atoms with van der Waals surface area (Å²) in [5.41, 5.74) is 2.43. The van der Waals surface area contributed by atoms with Crippen molar-refractivity contribution in [2.75, 3.05) is 12.4 Å². The first-order valence-electron chi connectivity index (χ1n) is 9.57. The minimum atomic E-state index is -3.86. The summed E-state index contributed by atoms with van der Waals surface area (Å²) in [6.07, 6.45) is 0.304. The quantitative estimate of drug-likeness (QED) is 0.683. The number of carbonyl (C=O) groups is 1. The van der Waals surface area contributed by atoms with E-state index in [-0.39, 0.29) is 17.3 Å². The topological polar surface area (TPSA) is 75.7 Å². The van der Waals surface area contributed by atoms with Gasteiger partial charge in [-0.25, -0.2) is 8.42 Å². The van der Waals surface area contributed by atoms with Crippen molar-refractivity contribution in [2.24, 2.45) is 0 Å². The van der Waals surface area contributed by atoms with Crippen molar-refractivity contribution < 1.29 is 17.9 Å². The highest BCUT2D eigenvalue weighted by Gasteiger charge is 2.39. The zero-order valence-electron chi connectivity index (χ0n) is 16.5. The number of methoxy groups -OCH3 is 1. The van der Waals surface area contributed by atoms with Crippen molar-refractivity contribution in [1.82, 2.24) is 4.31 Å². The highest BCUT2D eigenvalue weighted by molar-refractivity contribution is 7.89. The number of hydrogen-bond acceptors (Lipinski definition) is 4. The van der Waals surface area contributed by atoms with Gasteiger partial charge in [0, 0.05) is 18.3 Å². The number of nitrogens with one attached hydrogen (secondary N) is 1. The Bertz CT molecular complexity index is 1160. The van der Waals surface area contributed by atoms with E-state index in [0.29, 0.717) is 17.9 Å². The molecular weight excluding hydrogens is 400 g/mol. The Balaban J connectivity index is 1.70. The van der Waals surface area contributed by atoms with Gasteiger partial charge in [-0.15, -0.1) is 0 Å². The molecular formula is C23H22N2O4S. The SMILES string of the molecule is COc1cccc(NC(=O)[C@@H]2Cc3ccccc3CN2S(=O)(=O)c2ccccc2)c1. The van der Waals surface area contributed by atoms with Crippen LogP contribution in [0.3, 0.4) is 0 Å². The predicted octanol–water partition coefficient (Wildman–Crippen LogP) is 3.45. The molecule has 0 bridgehead atoms. The first kappa shape index (κ1) is 20.1. The van der Waals surface area contributed by atoms with Gasteiger partial charge >= 0.3 is 0 Å². The van der Waals surface area contributed by atoms with E-state index in [1.807, 2.05) is 24.3 Å². The number of carbonyl (C=O) groups excluding carboxylic acids is 1. The summed E-state index contributed by atoms with van der Waals surface area (Å²) in [4.78, 5) is 13.4. The van der Waals surface area contributed by atoms with Crippen LogP contribution in [0.15, 0.2) is 83.8 Å². The van der Waals surface area contributed by atoms with E-state index >= 15 is 0 Å². The second-order valence-corrected chi connectivity index (χ2v) is 8.96. The fraction of sp³-hybridized carbons (Fsp3) is 0.174. The summed E-state index contributed by atoms with van der Waals surface area (Å²) in [7, 11) is -2.31. The van der Waals surface area contributed by atoms with Crippen molar-refractivity contribution in [2.45, 2.75) is 23.9 Å². The Morgan fingerprint density at radius 3 is 2.40 bits per heavy atom. The lowest BCUT2D eigenvalue weighted by Gasteiger charge is -2.35. The molecule has 154 valence electrons. The molecule has 1 aliphatic heterocycles. The average molecular weight is 423 g/mol. The highest BCUT2D eigenvalue weighted by Crippen LogP contribution is 2.30. The van der Waals surface area contributed by atoms with E-state index < -0.39 is 16.1 Å². The summed E-state index contributed by atoms with van der Waals surface area (Å²) in [6.45, 7) is 0.142. The van der Waals surface area contributed by atoms with Gasteiger partial charge < -0.3 is 10.1 Å². The standard InChI is InChI=1S/C23H22N2O4S/c1-29-20-11-7-10-19(15-20)24-23(26)22-14-17-8-5-6-9-18(17)16-25(22)30(27,28)21-12-3-2-4-13-21/h2-13,15,22H,14,16H2,1H3,(H,24,26)/t22-/m0/s1. The molecule has 1 aliphatic rings. The summed E-state index contributed by atoms with van der Waals surface area (Å²) < 4.78 is 33.3. The molecule has 1 heterocycles. The van der Waals surface area contributed by atoms with Crippen LogP contribution in [0.1, 0.15) is 11.1 Å². The van der Waals surface area contributed by atoms with Crippen LogP contribution in [-0.2, 0) is 27.8 Å². The van der Waals surface area contributed by atoms with Gasteiger partial charge in [-0.1, -0.05) is 48.5 Å². The molecule has 1 N–H and O–H groups in total. The van der Waals surface area contributed by atoms with Crippen LogP contribution in [-0.4, -0.2) is 31.8 Å². The summed E-state index contributed by atoms with van der Waals surface area (Å²) in [5, 5.41) is 2.85. The van der Waals surface area contributed by atoms with E-state index in [4.69, 9.17) is 4.74 Å². The van der Waals surface area contributed by atoms with Crippen LogP contribution in [0.4, 0.5) is 5.69 Å². The zero-order chi connectivity index (χ0) is 21.1. The van der Waals surface area contributed by atoms with Gasteiger partial charge in [0.1, 0.15) is 11.8 Å². The summed E-state index contributed by atoms with van der Waals surface area (Å²) in [5.74, 6) is 0.229. The van der Waals surface area contributed by atoms with Crippen molar-refractivity contribution in [3.63, 3.8) is 0 Å². The highest BCUT2D eigenvalue weighted by atomic mass is 32.2. The van der Waals surface area contributed by atoms with Crippen molar-refractivity contribution in [1.29, 1.82) is 0 Å². The van der Waals surface area contributed by atoms with Gasteiger partial charge in [0.15, 0.2) is 0 Å². The number of ether oxygens (including phenoxy) is 1. The van der Waals surface area contributed by atoms with Crippen molar-refractivity contribution >= 4 is 21.6 Å². The molecule has 7 heteroatoms. The third kappa shape index (κ3) is 3.94. The van der Waals surface area contributed by atoms with Crippen LogP contribution in [0.2, 0.25) is 0 Å². The molecule has 1 atom stereocenters. The maximum absolute atomic E-state index is 13.4. The predicted molar refractivity (Wildman–Crippen MR) is 115 cm³/mol. The second-order valence-electron chi connectivity index (χ2n) is 7.07. The van der Waals surface area contributed by atoms with Gasteiger partial charge in [0.05, 0.1) is 12.0 Å². The van der Waals surface area contributed by atoms with Gasteiger partial charge in [0.2, 0.25) is 15.9 Å². The Kier molecular flexibility index (Phi) is 5.57. The Labute approximate surface area is 176 Å². The molecule has 3 aromatic carbocycles. The van der Waals surface area contributed by atoms with E-state index in [1.54, 1.807) is 61.7 Å². The second kappa shape index (κ2) is 8.30. The number of amides is 1. The average Bonchev–Trinajstić information content (AvgIpc) is 2.79. The largest absolute Gasteiger partial charge is 0.497 e.